The average Bonchev–Trinajstić information content (AvgIpc) is 2.72. The van der Waals surface area contributed by atoms with Crippen molar-refractivity contribution in [2.24, 2.45) is 5.92 Å². The molecule has 3 amide bonds. The molecule has 0 spiro atoms. The summed E-state index contributed by atoms with van der Waals surface area (Å²) < 4.78 is 13.1. The number of carbonyl (C=O) groups is 3. The van der Waals surface area contributed by atoms with Gasteiger partial charge in [0.05, 0.1) is 6.54 Å². The van der Waals surface area contributed by atoms with Gasteiger partial charge in [0.2, 0.25) is 11.8 Å². The van der Waals surface area contributed by atoms with E-state index < -0.39 is 17.8 Å². The number of carbonyl (C=O) groups excluding carboxylic acids is 3. The first-order chi connectivity index (χ1) is 14.3. The number of piperazine rings is 1. The van der Waals surface area contributed by atoms with E-state index in [4.69, 9.17) is 0 Å². The molecule has 0 radical (unpaired) electrons. The van der Waals surface area contributed by atoms with E-state index >= 15 is 0 Å². The zero-order valence-electron chi connectivity index (χ0n) is 18.1. The molecule has 166 valence electrons. The molecular weight excluding hydrogens is 387 g/mol. The molecule has 1 fully saturated rings. The third-order valence-electron chi connectivity index (χ3n) is 5.23. The molecule has 1 aromatic rings. The van der Waals surface area contributed by atoms with E-state index in [1.54, 1.807) is 4.90 Å². The minimum Gasteiger partial charge on any atom is -0.355 e. The molecule has 1 aliphatic rings. The zero-order valence-corrected chi connectivity index (χ0v) is 18.1. The van der Waals surface area contributed by atoms with Crippen molar-refractivity contribution in [2.45, 2.75) is 39.7 Å². The predicted octanol–water partition coefficient (Wildman–Crippen LogP) is 1.64. The third kappa shape index (κ3) is 7.09. The van der Waals surface area contributed by atoms with Crippen molar-refractivity contribution in [3.05, 3.63) is 35.6 Å². The molecule has 1 aliphatic heterocycles. The Kier molecular flexibility index (Phi) is 9.23. The molecule has 1 aromatic carbocycles. The van der Waals surface area contributed by atoms with Crippen LogP contribution in [0, 0.1) is 11.7 Å². The number of unbranched alkanes of at least 4 members (excludes halogenated alkanes) is 1. The van der Waals surface area contributed by atoms with Crippen LogP contribution in [0.1, 0.15) is 44.0 Å². The van der Waals surface area contributed by atoms with Crippen LogP contribution in [0.5, 0.6) is 0 Å². The molecule has 0 aromatic heterocycles. The van der Waals surface area contributed by atoms with Gasteiger partial charge in [0.1, 0.15) is 11.9 Å². The lowest BCUT2D eigenvalue weighted by Crippen LogP contribution is -2.57. The summed E-state index contributed by atoms with van der Waals surface area (Å²) >= 11 is 0. The maximum absolute atomic E-state index is 13.1. The Morgan fingerprint density at radius 2 is 1.70 bits per heavy atom. The minimum atomic E-state index is -0.661. The van der Waals surface area contributed by atoms with Gasteiger partial charge in [0.25, 0.3) is 5.91 Å². The van der Waals surface area contributed by atoms with Crippen molar-refractivity contribution in [1.82, 2.24) is 20.4 Å². The highest BCUT2D eigenvalue weighted by atomic mass is 19.1. The van der Waals surface area contributed by atoms with Gasteiger partial charge in [-0.25, -0.2) is 4.39 Å². The van der Waals surface area contributed by atoms with E-state index in [0.29, 0.717) is 44.8 Å². The number of nitrogens with one attached hydrogen (secondary N) is 2. The molecule has 7 nitrogen and oxygen atoms in total. The number of rotatable bonds is 9. The topological polar surface area (TPSA) is 81.8 Å². The maximum atomic E-state index is 13.1. The average molecular weight is 421 g/mol. The Labute approximate surface area is 178 Å². The van der Waals surface area contributed by atoms with Crippen LogP contribution in [-0.4, -0.2) is 72.8 Å². The Morgan fingerprint density at radius 1 is 1.07 bits per heavy atom. The Balaban J connectivity index is 1.87. The Bertz CT molecular complexity index is 716. The molecule has 2 rings (SSSR count). The molecule has 2 N–H and O–H groups in total. The summed E-state index contributed by atoms with van der Waals surface area (Å²) in [5, 5.41) is 5.70. The standard InChI is InChI=1S/C22H33FN4O3/c1-4-5-10-24-19(28)15-26-11-13-27(14-12-26)22(30)20(16(2)3)25-21(29)17-6-8-18(23)9-7-17/h6-9,16,20H,4-5,10-15H2,1-3H3,(H,24,28)(H,25,29). The number of amides is 3. The Morgan fingerprint density at radius 3 is 2.27 bits per heavy atom. The monoisotopic (exact) mass is 420 g/mol. The minimum absolute atomic E-state index is 0.00912. The quantitative estimate of drug-likeness (QED) is 0.595. The number of hydrogen-bond acceptors (Lipinski definition) is 4. The van der Waals surface area contributed by atoms with Crippen molar-refractivity contribution in [3.8, 4) is 0 Å². The summed E-state index contributed by atoms with van der Waals surface area (Å²) in [6, 6.07) is 4.58. The highest BCUT2D eigenvalue weighted by Gasteiger charge is 2.31. The van der Waals surface area contributed by atoms with Gasteiger partial charge in [-0.2, -0.15) is 0 Å². The van der Waals surface area contributed by atoms with Gasteiger partial charge in [-0.15, -0.1) is 0 Å². The van der Waals surface area contributed by atoms with Crippen molar-refractivity contribution in [1.29, 1.82) is 0 Å². The number of nitrogens with zero attached hydrogens (tertiary/aromatic N) is 2. The summed E-state index contributed by atoms with van der Waals surface area (Å²) in [7, 11) is 0. The summed E-state index contributed by atoms with van der Waals surface area (Å²) in [4.78, 5) is 41.2. The van der Waals surface area contributed by atoms with Crippen molar-refractivity contribution in [3.63, 3.8) is 0 Å². The smallest absolute Gasteiger partial charge is 0.251 e. The fourth-order valence-electron chi connectivity index (χ4n) is 3.33. The summed E-state index contributed by atoms with van der Waals surface area (Å²) in [5.74, 6) is -1.03. The van der Waals surface area contributed by atoms with Crippen LogP contribution in [-0.2, 0) is 9.59 Å². The Hall–Kier alpha value is -2.48. The molecule has 1 unspecified atom stereocenters. The fourth-order valence-corrected chi connectivity index (χ4v) is 3.33. The van der Waals surface area contributed by atoms with Gasteiger partial charge >= 0.3 is 0 Å². The second kappa shape index (κ2) is 11.6. The molecule has 0 bridgehead atoms. The molecule has 0 saturated carbocycles. The van der Waals surface area contributed by atoms with E-state index in [-0.39, 0.29) is 17.7 Å². The van der Waals surface area contributed by atoms with E-state index in [1.807, 2.05) is 18.7 Å². The molecule has 1 atom stereocenters. The van der Waals surface area contributed by atoms with Crippen molar-refractivity contribution < 1.29 is 18.8 Å². The van der Waals surface area contributed by atoms with Crippen LogP contribution in [0.4, 0.5) is 4.39 Å². The predicted molar refractivity (Wildman–Crippen MR) is 113 cm³/mol. The first-order valence-corrected chi connectivity index (χ1v) is 10.7. The third-order valence-corrected chi connectivity index (χ3v) is 5.23. The lowest BCUT2D eigenvalue weighted by Gasteiger charge is -2.37. The van der Waals surface area contributed by atoms with E-state index in [2.05, 4.69) is 17.6 Å². The number of halogens is 1. The molecule has 30 heavy (non-hydrogen) atoms. The highest BCUT2D eigenvalue weighted by molar-refractivity contribution is 5.97. The van der Waals surface area contributed by atoms with Gasteiger partial charge < -0.3 is 15.5 Å². The zero-order chi connectivity index (χ0) is 22.1. The van der Waals surface area contributed by atoms with Gasteiger partial charge in [-0.05, 0) is 36.6 Å². The van der Waals surface area contributed by atoms with Gasteiger partial charge in [0, 0.05) is 38.3 Å². The second-order valence-electron chi connectivity index (χ2n) is 8.01. The van der Waals surface area contributed by atoms with Gasteiger partial charge in [-0.1, -0.05) is 27.2 Å². The first-order valence-electron chi connectivity index (χ1n) is 10.7. The van der Waals surface area contributed by atoms with Crippen LogP contribution in [0.2, 0.25) is 0 Å². The summed E-state index contributed by atoms with van der Waals surface area (Å²) in [6.07, 6.45) is 2.00. The van der Waals surface area contributed by atoms with Crippen molar-refractivity contribution in [2.75, 3.05) is 39.3 Å². The lowest BCUT2D eigenvalue weighted by molar-refractivity contribution is -0.136. The fraction of sp³-hybridized carbons (Fsp3) is 0.591. The van der Waals surface area contributed by atoms with Crippen LogP contribution < -0.4 is 10.6 Å². The van der Waals surface area contributed by atoms with E-state index in [9.17, 15) is 18.8 Å². The van der Waals surface area contributed by atoms with Gasteiger partial charge in [0.15, 0.2) is 0 Å². The van der Waals surface area contributed by atoms with Crippen LogP contribution in [0.3, 0.4) is 0 Å². The van der Waals surface area contributed by atoms with Crippen LogP contribution in [0.15, 0.2) is 24.3 Å². The second-order valence-corrected chi connectivity index (χ2v) is 8.01. The van der Waals surface area contributed by atoms with Crippen molar-refractivity contribution >= 4 is 17.7 Å². The normalized spacial score (nSPS) is 15.7. The van der Waals surface area contributed by atoms with Crippen LogP contribution >= 0.6 is 0 Å². The molecule has 1 heterocycles. The van der Waals surface area contributed by atoms with Crippen LogP contribution in [0.25, 0.3) is 0 Å². The molecule has 0 aliphatic carbocycles. The molecule has 8 heteroatoms. The highest BCUT2D eigenvalue weighted by Crippen LogP contribution is 2.11. The maximum Gasteiger partial charge on any atom is 0.251 e. The summed E-state index contributed by atoms with van der Waals surface area (Å²) in [6.45, 7) is 9.11. The summed E-state index contributed by atoms with van der Waals surface area (Å²) in [5.41, 5.74) is 0.314. The number of benzene rings is 1. The largest absolute Gasteiger partial charge is 0.355 e. The SMILES string of the molecule is CCCCNC(=O)CN1CCN(C(=O)C(NC(=O)c2ccc(F)cc2)C(C)C)CC1. The van der Waals surface area contributed by atoms with E-state index in [0.717, 1.165) is 12.8 Å². The molecule has 1 saturated heterocycles. The first kappa shape index (κ1) is 23.8. The van der Waals surface area contributed by atoms with Gasteiger partial charge in [-0.3, -0.25) is 19.3 Å². The lowest BCUT2D eigenvalue weighted by atomic mass is 10.0. The van der Waals surface area contributed by atoms with E-state index in [1.165, 1.54) is 24.3 Å². The molecular formula is C22H33FN4O3. The number of hydrogen-bond donors (Lipinski definition) is 2.